The Bertz CT molecular complexity index is 1210. The summed E-state index contributed by atoms with van der Waals surface area (Å²) in [5.74, 6) is 1.30. The van der Waals surface area contributed by atoms with Crippen LogP contribution in [0.1, 0.15) is 51.3 Å². The van der Waals surface area contributed by atoms with E-state index in [1.807, 2.05) is 12.1 Å². The Morgan fingerprint density at radius 3 is 2.60 bits per heavy atom. The van der Waals surface area contributed by atoms with Gasteiger partial charge in [-0.05, 0) is 43.9 Å². The number of carbonyl (C=O) groups is 2. The second-order valence-electron chi connectivity index (χ2n) is 9.54. The summed E-state index contributed by atoms with van der Waals surface area (Å²) in [4.78, 5) is 27.1. The fourth-order valence-corrected chi connectivity index (χ4v) is 5.51. The van der Waals surface area contributed by atoms with Crippen molar-refractivity contribution in [3.63, 3.8) is 0 Å². The number of methoxy groups -OCH3 is 2. The first kappa shape index (κ1) is 23.3. The van der Waals surface area contributed by atoms with Crippen LogP contribution in [0, 0.1) is 11.8 Å². The molecular weight excluding hydrogens is 452 g/mol. The molecule has 0 N–H and O–H groups in total. The van der Waals surface area contributed by atoms with Crippen molar-refractivity contribution in [3.8, 4) is 17.2 Å². The highest BCUT2D eigenvalue weighted by Crippen LogP contribution is 2.61. The summed E-state index contributed by atoms with van der Waals surface area (Å²) in [5, 5.41) is 0. The fraction of sp³-hybridized carbons (Fsp3) is 0.481. The number of allylic oxidation sites excluding steroid dienone is 3. The lowest BCUT2D eigenvalue weighted by Crippen LogP contribution is -2.46. The normalized spacial score (nSPS) is 28.9. The van der Waals surface area contributed by atoms with Gasteiger partial charge in [-0.1, -0.05) is 19.9 Å². The summed E-state index contributed by atoms with van der Waals surface area (Å²) in [6.07, 6.45) is 3.58. The summed E-state index contributed by atoms with van der Waals surface area (Å²) in [5.41, 5.74) is 1.59. The summed E-state index contributed by atoms with van der Waals surface area (Å²) in [6, 6.07) is 1.84. The van der Waals surface area contributed by atoms with E-state index < -0.39 is 17.5 Å². The molecule has 4 atom stereocenters. The monoisotopic (exact) mass is 482 g/mol. The zero-order chi connectivity index (χ0) is 25.1. The van der Waals surface area contributed by atoms with Crippen molar-refractivity contribution in [1.29, 1.82) is 0 Å². The Kier molecular flexibility index (Phi) is 5.57. The number of ketones is 1. The molecule has 2 aliphatic heterocycles. The number of fused-ring (bicyclic) bond motifs is 2. The molecule has 0 amide bonds. The van der Waals surface area contributed by atoms with E-state index in [2.05, 4.69) is 13.8 Å². The quantitative estimate of drug-likeness (QED) is 0.464. The number of ether oxygens (including phenoxy) is 6. The fourth-order valence-electron chi connectivity index (χ4n) is 5.51. The van der Waals surface area contributed by atoms with Gasteiger partial charge in [0.05, 0.1) is 14.2 Å². The van der Waals surface area contributed by atoms with Crippen LogP contribution >= 0.6 is 0 Å². The summed E-state index contributed by atoms with van der Waals surface area (Å²) < 4.78 is 34.9. The first-order valence-electron chi connectivity index (χ1n) is 11.8. The maximum Gasteiger partial charge on any atom is 0.333 e. The minimum Gasteiger partial charge on any atom is -0.493 e. The predicted molar refractivity (Wildman–Crippen MR) is 125 cm³/mol. The van der Waals surface area contributed by atoms with E-state index in [9.17, 15) is 9.59 Å². The molecule has 186 valence electrons. The summed E-state index contributed by atoms with van der Waals surface area (Å²) >= 11 is 0. The molecule has 4 aliphatic rings. The van der Waals surface area contributed by atoms with Crippen LogP contribution in [0.3, 0.4) is 0 Å². The number of hydrogen-bond acceptors (Lipinski definition) is 8. The van der Waals surface area contributed by atoms with Crippen LogP contribution in [0.5, 0.6) is 17.2 Å². The van der Waals surface area contributed by atoms with Gasteiger partial charge in [-0.15, -0.1) is 0 Å². The molecule has 0 aromatic heterocycles. The number of rotatable bonds is 4. The first-order valence-corrected chi connectivity index (χ1v) is 11.8. The predicted octanol–water partition coefficient (Wildman–Crippen LogP) is 4.29. The van der Waals surface area contributed by atoms with Gasteiger partial charge < -0.3 is 28.4 Å². The molecule has 0 saturated carbocycles. The van der Waals surface area contributed by atoms with Crippen molar-refractivity contribution in [3.05, 3.63) is 52.0 Å². The second kappa shape index (κ2) is 8.36. The molecule has 8 nitrogen and oxygen atoms in total. The van der Waals surface area contributed by atoms with Gasteiger partial charge in [-0.3, -0.25) is 4.79 Å². The van der Waals surface area contributed by atoms with Crippen LogP contribution in [-0.4, -0.2) is 39.4 Å². The van der Waals surface area contributed by atoms with Gasteiger partial charge in [0, 0.05) is 22.6 Å². The van der Waals surface area contributed by atoms with E-state index >= 15 is 0 Å². The number of Topliss-reactive ketones (excluding diaryl/α,β-unsaturated/α-hetero) is 1. The van der Waals surface area contributed by atoms with Crippen molar-refractivity contribution in [1.82, 2.24) is 0 Å². The highest BCUT2D eigenvalue weighted by atomic mass is 16.7. The third-order valence-electron chi connectivity index (χ3n) is 7.82. The van der Waals surface area contributed by atoms with Gasteiger partial charge in [0.2, 0.25) is 24.1 Å². The number of esters is 1. The second-order valence-corrected chi connectivity index (χ2v) is 9.54. The Labute approximate surface area is 204 Å². The maximum atomic E-state index is 14.2. The molecule has 1 spiro atoms. The zero-order valence-electron chi connectivity index (χ0n) is 20.9. The molecule has 35 heavy (non-hydrogen) atoms. The lowest BCUT2D eigenvalue weighted by Gasteiger charge is -2.41. The number of benzene rings is 1. The summed E-state index contributed by atoms with van der Waals surface area (Å²) in [6.45, 7) is 7.81. The lowest BCUT2D eigenvalue weighted by molar-refractivity contribution is -0.148. The standard InChI is InChI=1S/C27H30O8/c1-7-13(2)26(29)35-21-15(4)14(3)8-16-9-18(30-5)23(31-6)25(28)27(16)11-32-24-20(27)17(21)10-19-22(24)34-12-33-19/h7,9-10,14-15,21H,8,11-12H2,1-6H3/b13-7-/t14-,15-,21+,27?/m0/s1. The van der Waals surface area contributed by atoms with Crippen molar-refractivity contribution in [2.24, 2.45) is 11.8 Å². The Hall–Kier alpha value is -3.42. The number of carbonyl (C=O) groups excluding carboxylic acids is 2. The van der Waals surface area contributed by atoms with Crippen LogP contribution < -0.4 is 14.2 Å². The average molecular weight is 483 g/mol. The van der Waals surface area contributed by atoms with Gasteiger partial charge >= 0.3 is 5.97 Å². The molecule has 0 saturated heterocycles. The lowest BCUT2D eigenvalue weighted by atomic mass is 9.62. The van der Waals surface area contributed by atoms with E-state index in [-0.39, 0.29) is 36.8 Å². The van der Waals surface area contributed by atoms with Crippen LogP contribution in [-0.2, 0) is 29.2 Å². The van der Waals surface area contributed by atoms with Gasteiger partial charge in [-0.25, -0.2) is 4.79 Å². The average Bonchev–Trinajstić information content (AvgIpc) is 3.48. The minimum absolute atomic E-state index is 0.0450. The van der Waals surface area contributed by atoms with E-state index in [1.54, 1.807) is 19.9 Å². The Morgan fingerprint density at radius 2 is 1.91 bits per heavy atom. The maximum absolute atomic E-state index is 14.2. The van der Waals surface area contributed by atoms with Gasteiger partial charge in [0.25, 0.3) is 0 Å². The van der Waals surface area contributed by atoms with Crippen molar-refractivity contribution < 1.29 is 38.0 Å². The van der Waals surface area contributed by atoms with Crippen molar-refractivity contribution >= 4 is 11.8 Å². The van der Waals surface area contributed by atoms with E-state index in [0.717, 1.165) is 5.57 Å². The largest absolute Gasteiger partial charge is 0.493 e. The molecule has 0 bridgehead atoms. The molecule has 8 heteroatoms. The third kappa shape index (κ3) is 3.18. The molecule has 2 heterocycles. The molecule has 0 radical (unpaired) electrons. The van der Waals surface area contributed by atoms with E-state index in [0.29, 0.717) is 46.1 Å². The topological polar surface area (TPSA) is 89.5 Å². The summed E-state index contributed by atoms with van der Waals surface area (Å²) in [7, 11) is 2.98. The van der Waals surface area contributed by atoms with E-state index in [4.69, 9.17) is 28.4 Å². The SMILES string of the molecule is C/C=C(/C)C(=O)O[C@H]1c2cc3c(c4c2C2(CO4)C(=O)C(OC)=C(OC)C=C2C[C@H](C)[C@@H]1C)OCO3. The molecule has 2 aliphatic carbocycles. The Balaban J connectivity index is 1.80. The minimum atomic E-state index is -1.15. The molecule has 1 unspecified atom stereocenters. The highest BCUT2D eigenvalue weighted by molar-refractivity contribution is 6.08. The Morgan fingerprint density at radius 1 is 1.14 bits per heavy atom. The first-order chi connectivity index (χ1) is 16.8. The highest BCUT2D eigenvalue weighted by Gasteiger charge is 2.59. The molecule has 0 fully saturated rings. The van der Waals surface area contributed by atoms with Gasteiger partial charge in [0.1, 0.15) is 18.1 Å². The molecular formula is C27H30O8. The third-order valence-corrected chi connectivity index (χ3v) is 7.82. The van der Waals surface area contributed by atoms with Gasteiger partial charge in [0.15, 0.2) is 17.3 Å². The molecule has 1 aromatic rings. The smallest absolute Gasteiger partial charge is 0.333 e. The molecule has 5 rings (SSSR count). The zero-order valence-corrected chi connectivity index (χ0v) is 20.9. The van der Waals surface area contributed by atoms with Gasteiger partial charge in [-0.2, -0.15) is 0 Å². The van der Waals surface area contributed by atoms with Crippen LogP contribution in [0.4, 0.5) is 0 Å². The molecule has 1 aromatic carbocycles. The number of hydrogen-bond donors (Lipinski definition) is 0. The van der Waals surface area contributed by atoms with Crippen molar-refractivity contribution in [2.75, 3.05) is 27.6 Å². The van der Waals surface area contributed by atoms with Crippen molar-refractivity contribution in [2.45, 2.75) is 45.6 Å². The van der Waals surface area contributed by atoms with Crippen LogP contribution in [0.25, 0.3) is 0 Å². The van der Waals surface area contributed by atoms with Crippen LogP contribution in [0.2, 0.25) is 0 Å². The van der Waals surface area contributed by atoms with Crippen LogP contribution in [0.15, 0.2) is 40.9 Å². The van der Waals surface area contributed by atoms with E-state index in [1.165, 1.54) is 14.2 Å².